The van der Waals surface area contributed by atoms with Gasteiger partial charge in [-0.15, -0.1) is 0 Å². The topological polar surface area (TPSA) is 79.5 Å². The minimum atomic E-state index is -0.980. The molecule has 1 aromatic heterocycles. The molecule has 0 saturated heterocycles. The number of aryl methyl sites for hydroxylation is 2. The monoisotopic (exact) mass is 287 g/mol. The lowest BCUT2D eigenvalue weighted by atomic mass is 10.1. The van der Waals surface area contributed by atoms with Gasteiger partial charge in [-0.2, -0.15) is 0 Å². The number of aromatic nitrogens is 1. The Morgan fingerprint density at radius 2 is 1.71 bits per heavy atom. The average molecular weight is 287 g/mol. The van der Waals surface area contributed by atoms with Crippen molar-refractivity contribution >= 4 is 11.9 Å². The Morgan fingerprint density at radius 1 is 1.00 bits per heavy atom. The summed E-state index contributed by atoms with van der Waals surface area (Å²) in [6.45, 7) is 0.284. The van der Waals surface area contributed by atoms with Crippen molar-refractivity contribution in [3.63, 3.8) is 0 Å². The van der Waals surface area contributed by atoms with Crippen LogP contribution in [0.2, 0.25) is 0 Å². The summed E-state index contributed by atoms with van der Waals surface area (Å²) in [6.07, 6.45) is 2.91. The molecule has 5 nitrogen and oxygen atoms in total. The number of hydrogen-bond donors (Lipinski definition) is 2. The largest absolute Gasteiger partial charge is 0.481 e. The zero-order valence-electron chi connectivity index (χ0n) is 11.5. The second-order valence-electron chi connectivity index (χ2n) is 4.80. The minimum absolute atomic E-state index is 0.0217. The van der Waals surface area contributed by atoms with Crippen molar-refractivity contribution in [2.24, 2.45) is 0 Å². The first-order chi connectivity index (χ1) is 10.1. The fourth-order valence-electron chi connectivity index (χ4n) is 2.31. The van der Waals surface area contributed by atoms with Crippen LogP contribution < -0.4 is 0 Å². The summed E-state index contributed by atoms with van der Waals surface area (Å²) in [5, 5.41) is 18.0. The maximum atomic E-state index is 11.3. The van der Waals surface area contributed by atoms with Gasteiger partial charge in [0.05, 0.1) is 12.0 Å². The summed E-state index contributed by atoms with van der Waals surface area (Å²) in [6, 6.07) is 11.3. The van der Waals surface area contributed by atoms with E-state index in [2.05, 4.69) is 0 Å². The van der Waals surface area contributed by atoms with Crippen LogP contribution in [0.5, 0.6) is 0 Å². The summed E-state index contributed by atoms with van der Waals surface area (Å²) in [4.78, 5) is 21.9. The second-order valence-corrected chi connectivity index (χ2v) is 4.80. The average Bonchev–Trinajstić information content (AvgIpc) is 2.87. The number of aromatic carboxylic acids is 1. The van der Waals surface area contributed by atoms with Crippen LogP contribution in [0, 0.1) is 0 Å². The van der Waals surface area contributed by atoms with Crippen LogP contribution >= 0.6 is 0 Å². The molecule has 0 bridgehead atoms. The molecule has 2 rings (SSSR count). The maximum Gasteiger partial charge on any atom is 0.337 e. The number of aliphatic carboxylic acids is 1. The molecule has 1 heterocycles. The van der Waals surface area contributed by atoms with Crippen LogP contribution in [0.3, 0.4) is 0 Å². The molecule has 0 aliphatic rings. The van der Waals surface area contributed by atoms with Gasteiger partial charge in [-0.3, -0.25) is 4.79 Å². The first-order valence-electron chi connectivity index (χ1n) is 6.75. The third kappa shape index (κ3) is 3.95. The summed E-state index contributed by atoms with van der Waals surface area (Å²) < 4.78 is 1.72. The summed E-state index contributed by atoms with van der Waals surface area (Å²) >= 11 is 0. The molecule has 2 aromatic rings. The Bertz CT molecular complexity index is 631. The lowest BCUT2D eigenvalue weighted by Gasteiger charge is -2.09. The van der Waals surface area contributed by atoms with Gasteiger partial charge in [0.15, 0.2) is 0 Å². The van der Waals surface area contributed by atoms with Gasteiger partial charge in [0.1, 0.15) is 0 Å². The third-order valence-corrected chi connectivity index (χ3v) is 3.37. The van der Waals surface area contributed by atoms with Gasteiger partial charge in [-0.1, -0.05) is 30.3 Å². The quantitative estimate of drug-likeness (QED) is 0.819. The SMILES string of the molecule is O=C(O)CCn1ccc(C(=O)O)c1CCc1ccccc1. The molecule has 110 valence electrons. The van der Waals surface area contributed by atoms with E-state index in [0.717, 1.165) is 12.0 Å². The Hall–Kier alpha value is -2.56. The zero-order chi connectivity index (χ0) is 15.2. The molecule has 1 aromatic carbocycles. The number of nitrogens with zero attached hydrogens (tertiary/aromatic N) is 1. The highest BCUT2D eigenvalue weighted by molar-refractivity contribution is 5.89. The smallest absolute Gasteiger partial charge is 0.337 e. The number of carboxylic acid groups (broad SMARTS) is 2. The van der Waals surface area contributed by atoms with Gasteiger partial charge in [-0.25, -0.2) is 4.79 Å². The van der Waals surface area contributed by atoms with E-state index < -0.39 is 11.9 Å². The Labute approximate surface area is 122 Å². The third-order valence-electron chi connectivity index (χ3n) is 3.37. The lowest BCUT2D eigenvalue weighted by molar-refractivity contribution is -0.137. The summed E-state index contributed by atoms with van der Waals surface area (Å²) in [7, 11) is 0. The van der Waals surface area contributed by atoms with Gasteiger partial charge < -0.3 is 14.8 Å². The Morgan fingerprint density at radius 3 is 2.33 bits per heavy atom. The normalized spacial score (nSPS) is 10.5. The molecule has 0 unspecified atom stereocenters. The van der Waals surface area contributed by atoms with Gasteiger partial charge in [0.25, 0.3) is 0 Å². The van der Waals surface area contributed by atoms with E-state index in [1.54, 1.807) is 10.8 Å². The molecule has 0 saturated carbocycles. The van der Waals surface area contributed by atoms with Crippen molar-refractivity contribution in [1.82, 2.24) is 4.57 Å². The van der Waals surface area contributed by atoms with E-state index in [9.17, 15) is 14.7 Å². The van der Waals surface area contributed by atoms with Crippen molar-refractivity contribution in [1.29, 1.82) is 0 Å². The van der Waals surface area contributed by atoms with Crippen LogP contribution in [-0.2, 0) is 24.2 Å². The van der Waals surface area contributed by atoms with E-state index >= 15 is 0 Å². The Balaban J connectivity index is 2.16. The van der Waals surface area contributed by atoms with Crippen LogP contribution in [0.15, 0.2) is 42.6 Å². The van der Waals surface area contributed by atoms with Crippen molar-refractivity contribution < 1.29 is 19.8 Å². The predicted molar refractivity (Wildman–Crippen MR) is 77.5 cm³/mol. The van der Waals surface area contributed by atoms with Crippen LogP contribution in [0.4, 0.5) is 0 Å². The van der Waals surface area contributed by atoms with Crippen molar-refractivity contribution in [2.45, 2.75) is 25.8 Å². The summed E-state index contributed by atoms with van der Waals surface area (Å²) in [5.41, 5.74) is 2.05. The predicted octanol–water partition coefficient (Wildman–Crippen LogP) is 2.45. The van der Waals surface area contributed by atoms with Gasteiger partial charge >= 0.3 is 11.9 Å². The van der Waals surface area contributed by atoms with E-state index in [4.69, 9.17) is 5.11 Å². The summed E-state index contributed by atoms with van der Waals surface area (Å²) in [5.74, 6) is -1.87. The molecule has 2 N–H and O–H groups in total. The highest BCUT2D eigenvalue weighted by atomic mass is 16.4. The van der Waals surface area contributed by atoms with Gasteiger partial charge in [0.2, 0.25) is 0 Å². The first kappa shape index (κ1) is 14.8. The van der Waals surface area contributed by atoms with Gasteiger partial charge in [-0.05, 0) is 24.5 Å². The molecule has 21 heavy (non-hydrogen) atoms. The molecular weight excluding hydrogens is 270 g/mol. The standard InChI is InChI=1S/C16H17NO4/c18-15(19)9-11-17-10-8-13(16(20)21)14(17)7-6-12-4-2-1-3-5-12/h1-5,8,10H,6-7,9,11H2,(H,18,19)(H,20,21). The molecule has 0 radical (unpaired) electrons. The highest BCUT2D eigenvalue weighted by Crippen LogP contribution is 2.15. The van der Waals surface area contributed by atoms with Gasteiger partial charge in [0, 0.05) is 18.4 Å². The second kappa shape index (κ2) is 6.74. The maximum absolute atomic E-state index is 11.3. The lowest BCUT2D eigenvalue weighted by Crippen LogP contribution is -2.10. The molecule has 5 heteroatoms. The van der Waals surface area contributed by atoms with E-state index in [0.29, 0.717) is 12.1 Å². The molecule has 0 atom stereocenters. The molecular formula is C16H17NO4. The molecule has 0 spiro atoms. The fourth-order valence-corrected chi connectivity index (χ4v) is 2.31. The molecule has 0 aliphatic heterocycles. The van der Waals surface area contributed by atoms with E-state index in [1.165, 1.54) is 6.07 Å². The minimum Gasteiger partial charge on any atom is -0.481 e. The number of benzene rings is 1. The molecule has 0 amide bonds. The molecule has 0 fully saturated rings. The van der Waals surface area contributed by atoms with Crippen LogP contribution in [0.25, 0.3) is 0 Å². The number of rotatable bonds is 7. The highest BCUT2D eigenvalue weighted by Gasteiger charge is 2.15. The molecule has 0 aliphatic carbocycles. The number of carbonyl (C=O) groups is 2. The van der Waals surface area contributed by atoms with Crippen molar-refractivity contribution in [2.75, 3.05) is 0 Å². The fraction of sp³-hybridized carbons (Fsp3) is 0.250. The first-order valence-corrected chi connectivity index (χ1v) is 6.75. The van der Waals surface area contributed by atoms with E-state index in [1.807, 2.05) is 30.3 Å². The van der Waals surface area contributed by atoms with Crippen molar-refractivity contribution in [3.05, 3.63) is 59.4 Å². The van der Waals surface area contributed by atoms with Crippen LogP contribution in [0.1, 0.15) is 28.0 Å². The van der Waals surface area contributed by atoms with Crippen molar-refractivity contribution in [3.8, 4) is 0 Å². The Kier molecular flexibility index (Phi) is 4.77. The van der Waals surface area contributed by atoms with E-state index in [-0.39, 0.29) is 18.5 Å². The van der Waals surface area contributed by atoms with Crippen LogP contribution in [-0.4, -0.2) is 26.7 Å². The zero-order valence-corrected chi connectivity index (χ0v) is 11.5. The number of carboxylic acids is 2. The number of hydrogen-bond acceptors (Lipinski definition) is 2.